The number of alkyl halides is 3. The number of rotatable bonds is 4. The molecule has 1 aliphatic rings. The number of aromatic nitrogens is 2. The molecule has 4 rings (SSSR count). The molecule has 0 saturated carbocycles. The number of nitrogens with zero attached hydrogens (tertiary/aromatic N) is 2. The van der Waals surface area contributed by atoms with Gasteiger partial charge in [0.2, 0.25) is 0 Å². The molecule has 2 aromatic carbocycles. The molecule has 1 heterocycles. The molecule has 0 bridgehead atoms. The minimum Gasteiger partial charge on any atom is -0.466 e. The number of halogens is 3. The number of nitrogen functional groups attached to an aromatic ring is 1. The van der Waals surface area contributed by atoms with Crippen molar-refractivity contribution in [3.63, 3.8) is 0 Å². The maximum Gasteiger partial charge on any atom is 0.416 e. The highest BCUT2D eigenvalue weighted by Crippen LogP contribution is 2.38. The van der Waals surface area contributed by atoms with E-state index < -0.39 is 11.7 Å². The molecule has 0 aliphatic heterocycles. The Morgan fingerprint density at radius 2 is 1.91 bits per heavy atom. The van der Waals surface area contributed by atoms with Crippen LogP contribution in [-0.2, 0) is 15.7 Å². The molecule has 1 unspecified atom stereocenters. The molecule has 34 heavy (non-hydrogen) atoms. The highest BCUT2D eigenvalue weighted by atomic mass is 19.4. The number of esters is 1. The quantitative estimate of drug-likeness (QED) is 0.360. The van der Waals surface area contributed by atoms with Crippen LogP contribution in [0, 0.1) is 19.8 Å². The SMILES string of the molecule is CCOC(=O)C1CC=C(c2cc3c(-c4cc(N)cc(C(F)(F)F)c4)nc(C)nc3cc2C)CC1. The number of fused-ring (bicyclic) bond motifs is 1. The van der Waals surface area contributed by atoms with Crippen molar-refractivity contribution in [3.05, 3.63) is 58.9 Å². The molecule has 8 heteroatoms. The van der Waals surface area contributed by atoms with Crippen LogP contribution in [0.2, 0.25) is 0 Å². The standard InChI is InChI=1S/C26H26F3N3O2/c1-4-34-25(33)17-7-5-16(6-8-17)21-13-22-23(9-14(21)2)31-15(3)32-24(22)18-10-19(26(27,28)29)12-20(30)11-18/h5,9-13,17H,4,6-8,30H2,1-3H3. The van der Waals surface area contributed by atoms with Crippen molar-refractivity contribution in [1.29, 1.82) is 0 Å². The Hall–Kier alpha value is -3.42. The third kappa shape index (κ3) is 4.76. The Morgan fingerprint density at radius 3 is 2.56 bits per heavy atom. The van der Waals surface area contributed by atoms with E-state index in [1.54, 1.807) is 13.8 Å². The molecule has 0 saturated heterocycles. The molecule has 0 spiro atoms. The second-order valence-corrected chi connectivity index (χ2v) is 8.60. The van der Waals surface area contributed by atoms with Gasteiger partial charge in [-0.3, -0.25) is 4.79 Å². The van der Waals surface area contributed by atoms with Crippen LogP contribution in [0.3, 0.4) is 0 Å². The van der Waals surface area contributed by atoms with E-state index >= 15 is 0 Å². The molecule has 0 amide bonds. The molecule has 1 aromatic heterocycles. The fourth-order valence-corrected chi connectivity index (χ4v) is 4.47. The van der Waals surface area contributed by atoms with Crippen molar-refractivity contribution in [2.45, 2.75) is 46.2 Å². The topological polar surface area (TPSA) is 78.1 Å². The van der Waals surface area contributed by atoms with Crippen LogP contribution in [0.5, 0.6) is 0 Å². The van der Waals surface area contributed by atoms with Gasteiger partial charge in [-0.25, -0.2) is 9.97 Å². The third-order valence-corrected chi connectivity index (χ3v) is 6.09. The lowest BCUT2D eigenvalue weighted by atomic mass is 9.84. The van der Waals surface area contributed by atoms with E-state index in [1.165, 1.54) is 6.07 Å². The number of aryl methyl sites for hydroxylation is 2. The van der Waals surface area contributed by atoms with Crippen LogP contribution in [-0.4, -0.2) is 22.5 Å². The second-order valence-electron chi connectivity index (χ2n) is 8.60. The van der Waals surface area contributed by atoms with Gasteiger partial charge in [0, 0.05) is 16.6 Å². The first-order valence-electron chi connectivity index (χ1n) is 11.2. The lowest BCUT2D eigenvalue weighted by Crippen LogP contribution is -2.19. The molecule has 3 aromatic rings. The normalized spacial score (nSPS) is 16.4. The summed E-state index contributed by atoms with van der Waals surface area (Å²) in [4.78, 5) is 21.1. The van der Waals surface area contributed by atoms with Gasteiger partial charge in [-0.2, -0.15) is 13.2 Å². The Kier molecular flexibility index (Phi) is 6.34. The Balaban J connectivity index is 1.82. The molecular formula is C26H26F3N3O2. The van der Waals surface area contributed by atoms with Gasteiger partial charge >= 0.3 is 12.1 Å². The maximum atomic E-state index is 13.4. The number of nitrogens with two attached hydrogens (primary N) is 1. The molecule has 178 valence electrons. The number of anilines is 1. The van der Waals surface area contributed by atoms with Crippen molar-refractivity contribution in [2.75, 3.05) is 12.3 Å². The first kappa shape index (κ1) is 23.7. The van der Waals surface area contributed by atoms with Gasteiger partial charge in [-0.1, -0.05) is 6.08 Å². The van der Waals surface area contributed by atoms with Gasteiger partial charge < -0.3 is 10.5 Å². The van der Waals surface area contributed by atoms with Gasteiger partial charge in [0.1, 0.15) is 5.82 Å². The number of hydrogen-bond donors (Lipinski definition) is 1. The zero-order chi connectivity index (χ0) is 24.6. The summed E-state index contributed by atoms with van der Waals surface area (Å²) >= 11 is 0. The Bertz CT molecular complexity index is 1300. The largest absolute Gasteiger partial charge is 0.466 e. The summed E-state index contributed by atoms with van der Waals surface area (Å²) in [5.74, 6) is 0.125. The predicted molar refractivity (Wildman–Crippen MR) is 126 cm³/mol. The van der Waals surface area contributed by atoms with Gasteiger partial charge in [0.05, 0.1) is 29.3 Å². The minimum absolute atomic E-state index is 0.0153. The summed E-state index contributed by atoms with van der Waals surface area (Å²) in [6.07, 6.45) is -0.493. The Labute approximate surface area is 195 Å². The van der Waals surface area contributed by atoms with Crippen LogP contribution in [0.15, 0.2) is 36.4 Å². The number of carbonyl (C=O) groups excluding carboxylic acids is 1. The van der Waals surface area contributed by atoms with Crippen molar-refractivity contribution in [3.8, 4) is 11.3 Å². The Morgan fingerprint density at radius 1 is 1.15 bits per heavy atom. The fourth-order valence-electron chi connectivity index (χ4n) is 4.47. The number of benzene rings is 2. The van der Waals surface area contributed by atoms with Crippen LogP contribution in [0.25, 0.3) is 27.7 Å². The molecule has 5 nitrogen and oxygen atoms in total. The first-order valence-corrected chi connectivity index (χ1v) is 11.2. The number of carbonyl (C=O) groups is 1. The van der Waals surface area contributed by atoms with E-state index in [4.69, 9.17) is 10.5 Å². The monoisotopic (exact) mass is 469 g/mol. The van der Waals surface area contributed by atoms with Gasteiger partial charge in [-0.15, -0.1) is 0 Å². The molecule has 0 fully saturated rings. The fraction of sp³-hybridized carbons (Fsp3) is 0.346. The van der Waals surface area contributed by atoms with E-state index in [1.807, 2.05) is 19.1 Å². The summed E-state index contributed by atoms with van der Waals surface area (Å²) in [5, 5.41) is 0.651. The summed E-state index contributed by atoms with van der Waals surface area (Å²) < 4.78 is 45.4. The zero-order valence-corrected chi connectivity index (χ0v) is 19.3. The number of ether oxygens (including phenoxy) is 1. The van der Waals surface area contributed by atoms with E-state index in [2.05, 4.69) is 16.0 Å². The highest BCUT2D eigenvalue weighted by molar-refractivity contribution is 5.96. The zero-order valence-electron chi connectivity index (χ0n) is 19.3. The van der Waals surface area contributed by atoms with Crippen molar-refractivity contribution in [1.82, 2.24) is 9.97 Å². The van der Waals surface area contributed by atoms with E-state index in [-0.39, 0.29) is 23.1 Å². The van der Waals surface area contributed by atoms with E-state index in [0.717, 1.165) is 28.8 Å². The average molecular weight is 470 g/mol. The molecular weight excluding hydrogens is 443 g/mol. The smallest absolute Gasteiger partial charge is 0.416 e. The van der Waals surface area contributed by atoms with E-state index in [0.29, 0.717) is 48.3 Å². The van der Waals surface area contributed by atoms with Crippen molar-refractivity contribution < 1.29 is 22.7 Å². The van der Waals surface area contributed by atoms with Gasteiger partial charge in [0.15, 0.2) is 0 Å². The van der Waals surface area contributed by atoms with Crippen LogP contribution < -0.4 is 5.73 Å². The minimum atomic E-state index is -4.52. The summed E-state index contributed by atoms with van der Waals surface area (Å²) in [6.45, 7) is 5.84. The summed E-state index contributed by atoms with van der Waals surface area (Å²) in [7, 11) is 0. The average Bonchev–Trinajstić information content (AvgIpc) is 2.77. The van der Waals surface area contributed by atoms with Crippen molar-refractivity contribution in [2.24, 2.45) is 5.92 Å². The third-order valence-electron chi connectivity index (χ3n) is 6.09. The first-order chi connectivity index (χ1) is 16.1. The second kappa shape index (κ2) is 9.08. The van der Waals surface area contributed by atoms with Gasteiger partial charge in [-0.05, 0) is 87.1 Å². The van der Waals surface area contributed by atoms with Crippen molar-refractivity contribution >= 4 is 28.1 Å². The highest BCUT2D eigenvalue weighted by Gasteiger charge is 2.31. The molecule has 1 aliphatic carbocycles. The molecule has 2 N–H and O–H groups in total. The van der Waals surface area contributed by atoms with E-state index in [9.17, 15) is 18.0 Å². The molecule has 0 radical (unpaired) electrons. The maximum absolute atomic E-state index is 13.4. The van der Waals surface area contributed by atoms with Crippen LogP contribution >= 0.6 is 0 Å². The molecule has 1 atom stereocenters. The number of allylic oxidation sites excluding steroid dienone is 2. The lowest BCUT2D eigenvalue weighted by molar-refractivity contribution is -0.148. The summed E-state index contributed by atoms with van der Waals surface area (Å²) in [6, 6.07) is 7.35. The van der Waals surface area contributed by atoms with Gasteiger partial charge in [0.25, 0.3) is 0 Å². The number of hydrogen-bond acceptors (Lipinski definition) is 5. The van der Waals surface area contributed by atoms with Crippen LogP contribution in [0.1, 0.15) is 48.7 Å². The van der Waals surface area contributed by atoms with Crippen LogP contribution in [0.4, 0.5) is 18.9 Å². The summed E-state index contributed by atoms with van der Waals surface area (Å²) in [5.41, 5.74) is 9.43. The predicted octanol–water partition coefficient (Wildman–Crippen LogP) is 6.26. The lowest BCUT2D eigenvalue weighted by Gasteiger charge is -2.22.